The van der Waals surface area contributed by atoms with E-state index in [2.05, 4.69) is 6.92 Å². The predicted octanol–water partition coefficient (Wildman–Crippen LogP) is 3.37. The fraction of sp³-hybridized carbons (Fsp3) is 0.571. The SMILES string of the molecule is CCC(N)Cc1cc(Cl)c(OCCSC)c(OC)c1. The molecule has 1 aromatic carbocycles. The van der Waals surface area contributed by atoms with Crippen LogP contribution in [0.5, 0.6) is 11.5 Å². The van der Waals surface area contributed by atoms with Crippen LogP contribution in [0.2, 0.25) is 5.02 Å². The molecule has 0 bridgehead atoms. The Bertz CT molecular complexity index is 401. The zero-order valence-electron chi connectivity index (χ0n) is 11.7. The Morgan fingerprint density at radius 2 is 2.16 bits per heavy atom. The highest BCUT2D eigenvalue weighted by Gasteiger charge is 2.13. The van der Waals surface area contributed by atoms with E-state index < -0.39 is 0 Å². The minimum Gasteiger partial charge on any atom is -0.493 e. The predicted molar refractivity (Wildman–Crippen MR) is 83.9 cm³/mol. The Hall–Kier alpha value is -0.580. The average Bonchev–Trinajstić information content (AvgIpc) is 2.40. The first-order valence-corrected chi connectivity index (χ1v) is 8.13. The second-order valence-electron chi connectivity index (χ2n) is 4.32. The van der Waals surface area contributed by atoms with Crippen molar-refractivity contribution in [3.05, 3.63) is 22.7 Å². The van der Waals surface area contributed by atoms with Gasteiger partial charge in [0.1, 0.15) is 0 Å². The fourth-order valence-electron chi connectivity index (χ4n) is 1.71. The molecule has 0 heterocycles. The van der Waals surface area contributed by atoms with Crippen LogP contribution in [0.15, 0.2) is 12.1 Å². The van der Waals surface area contributed by atoms with Crippen molar-refractivity contribution in [2.24, 2.45) is 5.73 Å². The summed E-state index contributed by atoms with van der Waals surface area (Å²) in [5.41, 5.74) is 7.04. The van der Waals surface area contributed by atoms with Crippen LogP contribution in [-0.4, -0.2) is 31.8 Å². The highest BCUT2D eigenvalue weighted by atomic mass is 35.5. The third kappa shape index (κ3) is 5.13. The molecule has 1 unspecified atom stereocenters. The van der Waals surface area contributed by atoms with Crippen LogP contribution in [0.25, 0.3) is 0 Å². The molecule has 0 spiro atoms. The second-order valence-corrected chi connectivity index (χ2v) is 5.72. The molecule has 0 saturated heterocycles. The average molecular weight is 304 g/mol. The van der Waals surface area contributed by atoms with Crippen LogP contribution in [0.4, 0.5) is 0 Å². The molecule has 0 aliphatic heterocycles. The maximum Gasteiger partial charge on any atom is 0.179 e. The lowest BCUT2D eigenvalue weighted by atomic mass is 10.0. The third-order valence-electron chi connectivity index (χ3n) is 2.85. The molecular weight excluding hydrogens is 282 g/mol. The summed E-state index contributed by atoms with van der Waals surface area (Å²) in [5, 5.41) is 0.582. The Kier molecular flexibility index (Phi) is 7.42. The van der Waals surface area contributed by atoms with Gasteiger partial charge in [0.2, 0.25) is 0 Å². The zero-order valence-corrected chi connectivity index (χ0v) is 13.3. The molecule has 0 aromatic heterocycles. The van der Waals surface area contributed by atoms with Gasteiger partial charge in [0.05, 0.1) is 18.7 Å². The van der Waals surface area contributed by atoms with Gasteiger partial charge in [-0.05, 0) is 36.8 Å². The Morgan fingerprint density at radius 3 is 2.74 bits per heavy atom. The van der Waals surface area contributed by atoms with Crippen molar-refractivity contribution in [1.82, 2.24) is 0 Å². The van der Waals surface area contributed by atoms with Gasteiger partial charge >= 0.3 is 0 Å². The molecule has 0 radical (unpaired) electrons. The van der Waals surface area contributed by atoms with Crippen LogP contribution in [0.3, 0.4) is 0 Å². The number of nitrogens with two attached hydrogens (primary N) is 1. The van der Waals surface area contributed by atoms with Crippen LogP contribution in [0, 0.1) is 0 Å². The number of halogens is 1. The standard InChI is InChI=1S/C14H22ClNO2S/c1-4-11(16)7-10-8-12(15)14(13(9-10)17-2)18-5-6-19-3/h8-9,11H,4-7,16H2,1-3H3. The summed E-state index contributed by atoms with van der Waals surface area (Å²) in [6.07, 6.45) is 3.76. The zero-order chi connectivity index (χ0) is 14.3. The number of methoxy groups -OCH3 is 1. The number of ether oxygens (including phenoxy) is 2. The van der Waals surface area contributed by atoms with E-state index in [0.717, 1.165) is 24.2 Å². The van der Waals surface area contributed by atoms with Gasteiger partial charge in [-0.1, -0.05) is 18.5 Å². The van der Waals surface area contributed by atoms with E-state index in [4.69, 9.17) is 26.8 Å². The van der Waals surface area contributed by atoms with E-state index in [1.54, 1.807) is 18.9 Å². The van der Waals surface area contributed by atoms with Gasteiger partial charge in [-0.25, -0.2) is 0 Å². The van der Waals surface area contributed by atoms with E-state index in [0.29, 0.717) is 23.1 Å². The number of hydrogen-bond donors (Lipinski definition) is 1. The van der Waals surface area contributed by atoms with Crippen molar-refractivity contribution >= 4 is 23.4 Å². The Labute approximate surface area is 124 Å². The third-order valence-corrected chi connectivity index (χ3v) is 3.70. The molecular formula is C14H22ClNO2S. The molecule has 0 amide bonds. The van der Waals surface area contributed by atoms with Gasteiger partial charge in [-0.2, -0.15) is 11.8 Å². The van der Waals surface area contributed by atoms with Crippen LogP contribution in [-0.2, 0) is 6.42 Å². The largest absolute Gasteiger partial charge is 0.493 e. The van der Waals surface area contributed by atoms with Gasteiger partial charge in [-0.15, -0.1) is 0 Å². The Morgan fingerprint density at radius 1 is 1.42 bits per heavy atom. The number of hydrogen-bond acceptors (Lipinski definition) is 4. The monoisotopic (exact) mass is 303 g/mol. The minimum absolute atomic E-state index is 0.143. The lowest BCUT2D eigenvalue weighted by Crippen LogP contribution is -2.21. The van der Waals surface area contributed by atoms with Crippen molar-refractivity contribution in [1.29, 1.82) is 0 Å². The summed E-state index contributed by atoms with van der Waals surface area (Å²) >= 11 is 8.00. The van der Waals surface area contributed by atoms with Crippen LogP contribution < -0.4 is 15.2 Å². The van der Waals surface area contributed by atoms with E-state index in [1.165, 1.54) is 0 Å². The second kappa shape index (κ2) is 8.56. The molecule has 1 rings (SSSR count). The van der Waals surface area contributed by atoms with Crippen molar-refractivity contribution in [3.63, 3.8) is 0 Å². The number of benzene rings is 1. The topological polar surface area (TPSA) is 44.5 Å². The molecule has 0 saturated carbocycles. The van der Waals surface area contributed by atoms with E-state index in [-0.39, 0.29) is 6.04 Å². The van der Waals surface area contributed by atoms with Crippen molar-refractivity contribution in [3.8, 4) is 11.5 Å². The van der Waals surface area contributed by atoms with Crippen LogP contribution in [0.1, 0.15) is 18.9 Å². The highest BCUT2D eigenvalue weighted by molar-refractivity contribution is 7.98. The molecule has 1 aromatic rings. The maximum atomic E-state index is 6.27. The fourth-order valence-corrected chi connectivity index (χ4v) is 2.24. The van der Waals surface area contributed by atoms with Crippen molar-refractivity contribution < 1.29 is 9.47 Å². The van der Waals surface area contributed by atoms with Gasteiger partial charge in [0.15, 0.2) is 11.5 Å². The molecule has 19 heavy (non-hydrogen) atoms. The summed E-state index contributed by atoms with van der Waals surface area (Å²) in [6.45, 7) is 2.69. The first-order valence-electron chi connectivity index (χ1n) is 6.36. The van der Waals surface area contributed by atoms with Gasteiger partial charge in [-0.3, -0.25) is 0 Å². The summed E-state index contributed by atoms with van der Waals surface area (Å²) in [7, 11) is 1.62. The first-order chi connectivity index (χ1) is 9.12. The molecule has 0 fully saturated rings. The number of rotatable bonds is 8. The van der Waals surface area contributed by atoms with Gasteiger partial charge < -0.3 is 15.2 Å². The Balaban J connectivity index is 2.87. The molecule has 5 heteroatoms. The smallest absolute Gasteiger partial charge is 0.179 e. The summed E-state index contributed by atoms with van der Waals surface area (Å²) in [4.78, 5) is 0. The normalized spacial score (nSPS) is 12.3. The first kappa shape index (κ1) is 16.5. The lowest BCUT2D eigenvalue weighted by Gasteiger charge is -2.15. The van der Waals surface area contributed by atoms with Crippen molar-refractivity contribution in [2.45, 2.75) is 25.8 Å². The minimum atomic E-state index is 0.143. The molecule has 3 nitrogen and oxygen atoms in total. The highest BCUT2D eigenvalue weighted by Crippen LogP contribution is 2.36. The van der Waals surface area contributed by atoms with Crippen molar-refractivity contribution in [2.75, 3.05) is 25.7 Å². The summed E-state index contributed by atoms with van der Waals surface area (Å²) < 4.78 is 11.0. The molecule has 108 valence electrons. The van der Waals surface area contributed by atoms with Gasteiger partial charge in [0, 0.05) is 11.8 Å². The molecule has 0 aliphatic rings. The summed E-state index contributed by atoms with van der Waals surface area (Å²) in [6, 6.07) is 4.01. The lowest BCUT2D eigenvalue weighted by molar-refractivity contribution is 0.313. The number of thioether (sulfide) groups is 1. The van der Waals surface area contributed by atoms with E-state index in [9.17, 15) is 0 Å². The maximum absolute atomic E-state index is 6.27. The quantitative estimate of drug-likeness (QED) is 0.748. The molecule has 2 N–H and O–H groups in total. The van der Waals surface area contributed by atoms with E-state index in [1.807, 2.05) is 18.4 Å². The van der Waals surface area contributed by atoms with E-state index >= 15 is 0 Å². The van der Waals surface area contributed by atoms with Crippen LogP contribution >= 0.6 is 23.4 Å². The summed E-state index contributed by atoms with van der Waals surface area (Å²) in [5.74, 6) is 2.21. The molecule has 1 atom stereocenters. The van der Waals surface area contributed by atoms with Gasteiger partial charge in [0.25, 0.3) is 0 Å². The molecule has 0 aliphatic carbocycles.